The Kier molecular flexibility index (Phi) is 7.49. The second kappa shape index (κ2) is 8.61. The van der Waals surface area contributed by atoms with Crippen LogP contribution in [0.15, 0.2) is 22.7 Å². The quantitative estimate of drug-likeness (QED) is 0.876. The Labute approximate surface area is 140 Å². The molecule has 0 bridgehead atoms. The monoisotopic (exact) mass is 376 g/mol. The lowest BCUT2D eigenvalue weighted by atomic mass is 9.98. The van der Waals surface area contributed by atoms with Crippen LogP contribution in [0.5, 0.6) is 5.75 Å². The van der Waals surface area contributed by atoms with Crippen molar-refractivity contribution in [1.82, 2.24) is 4.90 Å². The summed E-state index contributed by atoms with van der Waals surface area (Å²) in [5.41, 5.74) is 6.36. The van der Waals surface area contributed by atoms with Crippen LogP contribution >= 0.6 is 28.3 Å². The van der Waals surface area contributed by atoms with Crippen molar-refractivity contribution in [1.29, 1.82) is 0 Å². The molecule has 1 aromatic carbocycles. The first-order valence-corrected chi connectivity index (χ1v) is 7.81. The molecule has 6 heteroatoms. The van der Waals surface area contributed by atoms with Gasteiger partial charge in [0.05, 0.1) is 11.6 Å². The van der Waals surface area contributed by atoms with E-state index in [2.05, 4.69) is 15.9 Å². The number of piperidine rings is 1. The van der Waals surface area contributed by atoms with Gasteiger partial charge in [0.1, 0.15) is 5.75 Å². The van der Waals surface area contributed by atoms with Gasteiger partial charge in [-0.15, -0.1) is 12.4 Å². The van der Waals surface area contributed by atoms with Gasteiger partial charge in [0.25, 0.3) is 5.91 Å². The predicted molar refractivity (Wildman–Crippen MR) is 90.3 cm³/mol. The zero-order chi connectivity index (χ0) is 14.5. The first-order valence-electron chi connectivity index (χ1n) is 7.02. The average molecular weight is 378 g/mol. The number of nitrogens with two attached hydrogens (primary N) is 1. The van der Waals surface area contributed by atoms with Crippen molar-refractivity contribution in [3.05, 3.63) is 28.2 Å². The minimum absolute atomic E-state index is 0. The first kappa shape index (κ1) is 18.3. The van der Waals surface area contributed by atoms with Crippen LogP contribution in [0.4, 0.5) is 0 Å². The number of carbonyl (C=O) groups is 1. The molecule has 1 saturated heterocycles. The van der Waals surface area contributed by atoms with E-state index in [1.807, 2.05) is 23.1 Å². The summed E-state index contributed by atoms with van der Waals surface area (Å²) < 4.78 is 6.00. The number of hydrogen-bond donors (Lipinski definition) is 1. The molecule has 1 unspecified atom stereocenters. The Morgan fingerprint density at radius 1 is 1.48 bits per heavy atom. The molecule has 0 aliphatic carbocycles. The molecule has 2 rings (SSSR count). The summed E-state index contributed by atoms with van der Waals surface area (Å²) in [6.45, 7) is 1.45. The van der Waals surface area contributed by atoms with Gasteiger partial charge in [-0.1, -0.05) is 0 Å². The number of ether oxygens (including phenoxy) is 1. The van der Waals surface area contributed by atoms with Crippen LogP contribution in [0.1, 0.15) is 36.0 Å². The fourth-order valence-corrected chi connectivity index (χ4v) is 3.27. The van der Waals surface area contributed by atoms with E-state index >= 15 is 0 Å². The van der Waals surface area contributed by atoms with Gasteiger partial charge in [-0.3, -0.25) is 4.79 Å². The maximum atomic E-state index is 12.7. The summed E-state index contributed by atoms with van der Waals surface area (Å²) in [5, 5.41) is 0. The number of likely N-dealkylation sites (tertiary alicyclic amines) is 1. The molecule has 0 spiro atoms. The largest absolute Gasteiger partial charge is 0.496 e. The van der Waals surface area contributed by atoms with Crippen LogP contribution in [0.25, 0.3) is 0 Å². The summed E-state index contributed by atoms with van der Waals surface area (Å²) in [6.07, 6.45) is 4.19. The molecule has 1 heterocycles. The van der Waals surface area contributed by atoms with Gasteiger partial charge < -0.3 is 15.4 Å². The number of halogens is 2. The van der Waals surface area contributed by atoms with Crippen LogP contribution < -0.4 is 10.5 Å². The van der Waals surface area contributed by atoms with Gasteiger partial charge in [-0.25, -0.2) is 0 Å². The number of rotatable bonds is 4. The molecule has 0 saturated carbocycles. The molecule has 2 N–H and O–H groups in total. The second-order valence-electron chi connectivity index (χ2n) is 5.07. The number of methoxy groups -OCH3 is 1. The molecule has 1 aromatic rings. The molecule has 1 aliphatic rings. The van der Waals surface area contributed by atoms with E-state index in [4.69, 9.17) is 10.5 Å². The topological polar surface area (TPSA) is 55.6 Å². The van der Waals surface area contributed by atoms with Crippen molar-refractivity contribution in [2.45, 2.75) is 31.7 Å². The van der Waals surface area contributed by atoms with Gasteiger partial charge in [0, 0.05) is 18.2 Å². The number of benzene rings is 1. The number of nitrogens with zero attached hydrogens (tertiary/aromatic N) is 1. The van der Waals surface area contributed by atoms with Crippen LogP contribution in [0, 0.1) is 0 Å². The lowest BCUT2D eigenvalue weighted by Crippen LogP contribution is -2.44. The lowest BCUT2D eigenvalue weighted by molar-refractivity contribution is 0.0605. The number of carbonyl (C=O) groups excluding carboxylic acids is 1. The Morgan fingerprint density at radius 2 is 2.24 bits per heavy atom. The summed E-state index contributed by atoms with van der Waals surface area (Å²) in [6, 6.07) is 5.75. The third kappa shape index (κ3) is 4.34. The molecule has 0 aromatic heterocycles. The summed E-state index contributed by atoms with van der Waals surface area (Å²) in [5.74, 6) is 0.824. The second-order valence-corrected chi connectivity index (χ2v) is 5.93. The van der Waals surface area contributed by atoms with E-state index in [-0.39, 0.29) is 24.4 Å². The van der Waals surface area contributed by atoms with Crippen molar-refractivity contribution in [3.8, 4) is 5.75 Å². The number of amides is 1. The van der Waals surface area contributed by atoms with Crippen molar-refractivity contribution in [3.63, 3.8) is 0 Å². The van der Waals surface area contributed by atoms with Gasteiger partial charge in [0.2, 0.25) is 0 Å². The Hall–Kier alpha value is -0.780. The summed E-state index contributed by atoms with van der Waals surface area (Å²) in [4.78, 5) is 14.6. The molecule has 1 fully saturated rings. The van der Waals surface area contributed by atoms with Crippen molar-refractivity contribution < 1.29 is 9.53 Å². The van der Waals surface area contributed by atoms with Gasteiger partial charge in [0.15, 0.2) is 0 Å². The minimum Gasteiger partial charge on any atom is -0.496 e. The molecule has 4 nitrogen and oxygen atoms in total. The first-order chi connectivity index (χ1) is 9.67. The average Bonchev–Trinajstić information content (AvgIpc) is 2.47. The van der Waals surface area contributed by atoms with Crippen LogP contribution in [0.3, 0.4) is 0 Å². The van der Waals surface area contributed by atoms with Crippen molar-refractivity contribution >= 4 is 34.2 Å². The lowest BCUT2D eigenvalue weighted by Gasteiger charge is -2.35. The molecule has 0 radical (unpaired) electrons. The smallest absolute Gasteiger partial charge is 0.254 e. The van der Waals surface area contributed by atoms with Gasteiger partial charge in [-0.2, -0.15) is 0 Å². The van der Waals surface area contributed by atoms with Crippen LogP contribution in [-0.4, -0.2) is 37.0 Å². The normalized spacial score (nSPS) is 18.0. The highest BCUT2D eigenvalue weighted by Gasteiger charge is 2.27. The van der Waals surface area contributed by atoms with Crippen LogP contribution in [-0.2, 0) is 0 Å². The summed E-state index contributed by atoms with van der Waals surface area (Å²) in [7, 11) is 1.61. The highest BCUT2D eigenvalue weighted by atomic mass is 79.9. The standard InChI is InChI=1S/C15H21BrN2O2.ClH/c1-20-14-6-5-11(10-13(14)16)15(19)18-9-3-2-4-12(18)7-8-17;/h5-6,10,12H,2-4,7-9,17H2,1H3;1H. The van der Waals surface area contributed by atoms with E-state index < -0.39 is 0 Å². The maximum Gasteiger partial charge on any atom is 0.254 e. The highest BCUT2D eigenvalue weighted by molar-refractivity contribution is 9.10. The molecule has 1 aliphatic heterocycles. The molecule has 1 atom stereocenters. The van der Waals surface area contributed by atoms with E-state index in [1.165, 1.54) is 6.42 Å². The van der Waals surface area contributed by atoms with Gasteiger partial charge >= 0.3 is 0 Å². The zero-order valence-electron chi connectivity index (χ0n) is 12.2. The molecular weight excluding hydrogens is 356 g/mol. The van der Waals surface area contributed by atoms with Crippen molar-refractivity contribution in [2.24, 2.45) is 5.73 Å². The molecule has 21 heavy (non-hydrogen) atoms. The highest BCUT2D eigenvalue weighted by Crippen LogP contribution is 2.28. The molecular formula is C15H22BrClN2O2. The molecule has 118 valence electrons. The van der Waals surface area contributed by atoms with Crippen molar-refractivity contribution in [2.75, 3.05) is 20.2 Å². The molecule has 1 amide bonds. The van der Waals surface area contributed by atoms with E-state index in [0.29, 0.717) is 12.1 Å². The van der Waals surface area contributed by atoms with Gasteiger partial charge in [-0.05, 0) is 66.4 Å². The number of hydrogen-bond acceptors (Lipinski definition) is 3. The Bertz CT molecular complexity index is 483. The fourth-order valence-electron chi connectivity index (χ4n) is 2.73. The van der Waals surface area contributed by atoms with Crippen LogP contribution in [0.2, 0.25) is 0 Å². The fraction of sp³-hybridized carbons (Fsp3) is 0.533. The van der Waals surface area contributed by atoms with E-state index in [9.17, 15) is 4.79 Å². The predicted octanol–water partition coefficient (Wildman–Crippen LogP) is 3.22. The minimum atomic E-state index is 0. The van der Waals surface area contributed by atoms with E-state index in [1.54, 1.807) is 7.11 Å². The zero-order valence-corrected chi connectivity index (χ0v) is 14.6. The SMILES string of the molecule is COc1ccc(C(=O)N2CCCCC2CCN)cc1Br.Cl. The Morgan fingerprint density at radius 3 is 2.86 bits per heavy atom. The third-order valence-electron chi connectivity index (χ3n) is 3.79. The maximum absolute atomic E-state index is 12.7. The third-order valence-corrected chi connectivity index (χ3v) is 4.41. The summed E-state index contributed by atoms with van der Waals surface area (Å²) >= 11 is 3.43. The van der Waals surface area contributed by atoms with E-state index in [0.717, 1.165) is 36.0 Å². The Balaban J connectivity index is 0.00000220.